The van der Waals surface area contributed by atoms with Gasteiger partial charge in [0.1, 0.15) is 0 Å². The van der Waals surface area contributed by atoms with Gasteiger partial charge in [0.2, 0.25) is 12.7 Å². The number of benzene rings is 1. The van der Waals surface area contributed by atoms with Crippen molar-refractivity contribution in [3.05, 3.63) is 17.7 Å². The summed E-state index contributed by atoms with van der Waals surface area (Å²) in [7, 11) is 0. The predicted octanol–water partition coefficient (Wildman–Crippen LogP) is 1.79. The van der Waals surface area contributed by atoms with Crippen LogP contribution in [0, 0.1) is 6.92 Å². The molecule has 1 unspecified atom stereocenters. The van der Waals surface area contributed by atoms with Crippen LogP contribution in [0.25, 0.3) is 0 Å². The van der Waals surface area contributed by atoms with Crippen molar-refractivity contribution >= 4 is 11.6 Å². The molecule has 1 heterocycles. The summed E-state index contributed by atoms with van der Waals surface area (Å²) in [5, 5.41) is 2.87. The van der Waals surface area contributed by atoms with Gasteiger partial charge in [0.15, 0.2) is 11.5 Å². The number of ether oxygens (including phenoxy) is 2. The molecular formula is C13H18N2O3. The van der Waals surface area contributed by atoms with Crippen molar-refractivity contribution in [1.29, 1.82) is 0 Å². The molecule has 0 aliphatic carbocycles. The van der Waals surface area contributed by atoms with Crippen LogP contribution in [-0.4, -0.2) is 18.7 Å². The standard InChI is InChI=1S/C13H18N2O3/c1-8-5-11-12(18-7-17-11)6-10(8)15-13(16)4-3-9(2)14/h5-6,9H,3-4,7,14H2,1-2H3,(H,15,16). The van der Waals surface area contributed by atoms with E-state index in [1.807, 2.05) is 19.9 Å². The Bertz CT molecular complexity index is 458. The molecule has 0 radical (unpaired) electrons. The number of carbonyl (C=O) groups excluding carboxylic acids is 1. The molecule has 1 aromatic carbocycles. The Kier molecular flexibility index (Phi) is 3.72. The second-order valence-electron chi connectivity index (χ2n) is 4.58. The summed E-state index contributed by atoms with van der Waals surface area (Å²) in [5.74, 6) is 1.36. The van der Waals surface area contributed by atoms with Crippen molar-refractivity contribution in [1.82, 2.24) is 0 Å². The Hall–Kier alpha value is -1.75. The molecule has 1 aromatic rings. The Balaban J connectivity index is 2.03. The van der Waals surface area contributed by atoms with E-state index in [0.29, 0.717) is 18.6 Å². The van der Waals surface area contributed by atoms with Crippen molar-refractivity contribution in [3.8, 4) is 11.5 Å². The molecule has 98 valence electrons. The van der Waals surface area contributed by atoms with Crippen LogP contribution < -0.4 is 20.5 Å². The molecule has 0 saturated carbocycles. The third-order valence-electron chi connectivity index (χ3n) is 2.82. The highest BCUT2D eigenvalue weighted by atomic mass is 16.7. The van der Waals surface area contributed by atoms with Gasteiger partial charge in [0, 0.05) is 24.2 Å². The number of amides is 1. The van der Waals surface area contributed by atoms with Crippen LogP contribution in [0.3, 0.4) is 0 Å². The average molecular weight is 250 g/mol. The van der Waals surface area contributed by atoms with Crippen LogP contribution in [-0.2, 0) is 4.79 Å². The maximum atomic E-state index is 11.7. The normalized spacial score (nSPS) is 14.4. The first kappa shape index (κ1) is 12.7. The van der Waals surface area contributed by atoms with Gasteiger partial charge in [0.25, 0.3) is 0 Å². The van der Waals surface area contributed by atoms with Gasteiger partial charge in [-0.25, -0.2) is 0 Å². The summed E-state index contributed by atoms with van der Waals surface area (Å²) in [6.45, 7) is 4.04. The zero-order valence-corrected chi connectivity index (χ0v) is 10.7. The molecule has 1 atom stereocenters. The Morgan fingerprint density at radius 1 is 1.44 bits per heavy atom. The fourth-order valence-corrected chi connectivity index (χ4v) is 1.75. The molecule has 1 aliphatic heterocycles. The lowest BCUT2D eigenvalue weighted by Gasteiger charge is -2.10. The van der Waals surface area contributed by atoms with Crippen LogP contribution >= 0.6 is 0 Å². The van der Waals surface area contributed by atoms with Gasteiger partial charge in [0.05, 0.1) is 0 Å². The van der Waals surface area contributed by atoms with Gasteiger partial charge in [-0.05, 0) is 31.9 Å². The number of aryl methyl sites for hydroxylation is 1. The van der Waals surface area contributed by atoms with Crippen LogP contribution in [0.15, 0.2) is 12.1 Å². The summed E-state index contributed by atoms with van der Waals surface area (Å²) in [4.78, 5) is 11.7. The maximum absolute atomic E-state index is 11.7. The monoisotopic (exact) mass is 250 g/mol. The minimum atomic E-state index is -0.0331. The Morgan fingerprint density at radius 2 is 2.11 bits per heavy atom. The molecule has 1 amide bonds. The van der Waals surface area contributed by atoms with Crippen molar-refractivity contribution in [2.75, 3.05) is 12.1 Å². The highest BCUT2D eigenvalue weighted by Gasteiger charge is 2.16. The fraction of sp³-hybridized carbons (Fsp3) is 0.462. The number of fused-ring (bicyclic) bond motifs is 1. The van der Waals surface area contributed by atoms with Crippen molar-refractivity contribution in [2.24, 2.45) is 5.73 Å². The van der Waals surface area contributed by atoms with E-state index in [2.05, 4.69) is 5.32 Å². The third kappa shape index (κ3) is 2.92. The number of nitrogens with two attached hydrogens (primary N) is 1. The number of hydrogen-bond donors (Lipinski definition) is 2. The first-order valence-corrected chi connectivity index (χ1v) is 6.02. The second kappa shape index (κ2) is 5.27. The smallest absolute Gasteiger partial charge is 0.231 e. The summed E-state index contributed by atoms with van der Waals surface area (Å²) < 4.78 is 10.5. The first-order chi connectivity index (χ1) is 8.56. The zero-order chi connectivity index (χ0) is 13.1. The lowest BCUT2D eigenvalue weighted by atomic mass is 10.1. The molecule has 2 rings (SSSR count). The molecule has 5 heteroatoms. The van der Waals surface area contributed by atoms with Crippen LogP contribution in [0.1, 0.15) is 25.3 Å². The Labute approximate surface area is 106 Å². The number of anilines is 1. The number of nitrogens with one attached hydrogen (secondary N) is 1. The molecule has 0 saturated heterocycles. The molecule has 3 N–H and O–H groups in total. The van der Waals surface area contributed by atoms with Gasteiger partial charge in [-0.3, -0.25) is 4.79 Å². The molecule has 5 nitrogen and oxygen atoms in total. The maximum Gasteiger partial charge on any atom is 0.231 e. The van der Waals surface area contributed by atoms with E-state index in [4.69, 9.17) is 15.2 Å². The summed E-state index contributed by atoms with van der Waals surface area (Å²) in [6, 6.07) is 3.69. The van der Waals surface area contributed by atoms with E-state index in [-0.39, 0.29) is 18.7 Å². The van der Waals surface area contributed by atoms with Crippen molar-refractivity contribution in [3.63, 3.8) is 0 Å². The van der Waals surface area contributed by atoms with Crippen molar-refractivity contribution < 1.29 is 14.3 Å². The SMILES string of the molecule is Cc1cc2c(cc1NC(=O)CCC(C)N)OCO2. The quantitative estimate of drug-likeness (QED) is 0.854. The first-order valence-electron chi connectivity index (χ1n) is 6.02. The van der Waals surface area contributed by atoms with E-state index in [9.17, 15) is 4.79 Å². The highest BCUT2D eigenvalue weighted by molar-refractivity contribution is 5.92. The van der Waals surface area contributed by atoms with Crippen LogP contribution in [0.4, 0.5) is 5.69 Å². The van der Waals surface area contributed by atoms with E-state index in [1.165, 1.54) is 0 Å². The molecule has 18 heavy (non-hydrogen) atoms. The largest absolute Gasteiger partial charge is 0.454 e. The van der Waals surface area contributed by atoms with Gasteiger partial charge < -0.3 is 20.5 Å². The average Bonchev–Trinajstić information content (AvgIpc) is 2.74. The molecule has 0 bridgehead atoms. The molecular weight excluding hydrogens is 232 g/mol. The third-order valence-corrected chi connectivity index (χ3v) is 2.82. The fourth-order valence-electron chi connectivity index (χ4n) is 1.75. The van der Waals surface area contributed by atoms with E-state index in [0.717, 1.165) is 17.0 Å². The minimum Gasteiger partial charge on any atom is -0.454 e. The van der Waals surface area contributed by atoms with Gasteiger partial charge in [-0.1, -0.05) is 0 Å². The molecule has 0 spiro atoms. The molecule has 0 aromatic heterocycles. The topological polar surface area (TPSA) is 73.6 Å². The summed E-state index contributed by atoms with van der Waals surface area (Å²) in [6.07, 6.45) is 1.10. The number of rotatable bonds is 4. The van der Waals surface area contributed by atoms with Gasteiger partial charge >= 0.3 is 0 Å². The van der Waals surface area contributed by atoms with E-state index >= 15 is 0 Å². The molecule has 0 fully saturated rings. The highest BCUT2D eigenvalue weighted by Crippen LogP contribution is 2.36. The van der Waals surface area contributed by atoms with E-state index < -0.39 is 0 Å². The minimum absolute atomic E-state index is 0.0331. The van der Waals surface area contributed by atoms with Crippen LogP contribution in [0.2, 0.25) is 0 Å². The van der Waals surface area contributed by atoms with Crippen LogP contribution in [0.5, 0.6) is 11.5 Å². The lowest BCUT2D eigenvalue weighted by molar-refractivity contribution is -0.116. The Morgan fingerprint density at radius 3 is 2.78 bits per heavy atom. The zero-order valence-electron chi connectivity index (χ0n) is 10.7. The summed E-state index contributed by atoms with van der Waals surface area (Å²) >= 11 is 0. The lowest BCUT2D eigenvalue weighted by Crippen LogP contribution is -2.19. The van der Waals surface area contributed by atoms with E-state index in [1.54, 1.807) is 6.07 Å². The van der Waals surface area contributed by atoms with Gasteiger partial charge in [-0.15, -0.1) is 0 Å². The van der Waals surface area contributed by atoms with Crippen molar-refractivity contribution in [2.45, 2.75) is 32.7 Å². The summed E-state index contributed by atoms with van der Waals surface area (Å²) in [5.41, 5.74) is 7.33. The second-order valence-corrected chi connectivity index (χ2v) is 4.58. The molecule has 1 aliphatic rings. The predicted molar refractivity (Wildman–Crippen MR) is 68.8 cm³/mol. The number of hydrogen-bond acceptors (Lipinski definition) is 4. The van der Waals surface area contributed by atoms with Gasteiger partial charge in [-0.2, -0.15) is 0 Å². The number of carbonyl (C=O) groups is 1.